The Morgan fingerprint density at radius 2 is 1.84 bits per heavy atom. The molecule has 0 unspecified atom stereocenters. The van der Waals surface area contributed by atoms with E-state index in [1.54, 1.807) is 34.0 Å². The van der Waals surface area contributed by atoms with Crippen LogP contribution in [0.25, 0.3) is 0 Å². The number of nitrogens with zero attached hydrogens (tertiary/aromatic N) is 4. The number of carbonyl (C=O) groups excluding carboxylic acids is 1. The van der Waals surface area contributed by atoms with Crippen molar-refractivity contribution in [2.24, 2.45) is 0 Å². The minimum atomic E-state index is -0.346. The Labute approximate surface area is 196 Å². The monoisotopic (exact) mass is 476 g/mol. The largest absolute Gasteiger partial charge is 0.470 e. The standard InChI is InChI=1S/C23H23Cl2FN4O2/c1-16-2-5-19(24)22(12-16)32-15-30-7-6-21(27-30)23(31)29-10-8-28(9-11-29)14-17-3-4-18(26)13-20(17)25/h2-7,12-13H,8-11,14-15H2,1H3. The first-order valence-electron chi connectivity index (χ1n) is 10.3. The van der Waals surface area contributed by atoms with Crippen LogP contribution in [-0.2, 0) is 13.3 Å². The van der Waals surface area contributed by atoms with Crippen LogP contribution in [0, 0.1) is 12.7 Å². The highest BCUT2D eigenvalue weighted by Crippen LogP contribution is 2.25. The van der Waals surface area contributed by atoms with E-state index in [0.29, 0.717) is 54.2 Å². The third-order valence-corrected chi connectivity index (χ3v) is 6.03. The second kappa shape index (κ2) is 9.90. The molecule has 2 heterocycles. The van der Waals surface area contributed by atoms with Gasteiger partial charge in [0.05, 0.1) is 5.02 Å². The van der Waals surface area contributed by atoms with E-state index in [9.17, 15) is 9.18 Å². The average molecular weight is 477 g/mol. The number of benzene rings is 2. The molecular weight excluding hydrogens is 454 g/mol. The zero-order chi connectivity index (χ0) is 22.7. The lowest BCUT2D eigenvalue weighted by atomic mass is 10.2. The number of piperazine rings is 1. The van der Waals surface area contributed by atoms with Crippen LogP contribution in [0.1, 0.15) is 21.6 Å². The van der Waals surface area contributed by atoms with Crippen LogP contribution >= 0.6 is 23.2 Å². The van der Waals surface area contributed by atoms with Gasteiger partial charge in [0.2, 0.25) is 0 Å². The molecule has 1 amide bonds. The summed E-state index contributed by atoms with van der Waals surface area (Å²) in [6, 6.07) is 11.7. The summed E-state index contributed by atoms with van der Waals surface area (Å²) in [6.07, 6.45) is 1.71. The lowest BCUT2D eigenvalue weighted by Gasteiger charge is -2.34. The van der Waals surface area contributed by atoms with Gasteiger partial charge in [-0.05, 0) is 48.4 Å². The predicted molar refractivity (Wildman–Crippen MR) is 122 cm³/mol. The molecule has 1 aliphatic heterocycles. The van der Waals surface area contributed by atoms with Gasteiger partial charge in [0.15, 0.2) is 12.4 Å². The van der Waals surface area contributed by atoms with Gasteiger partial charge in [0, 0.05) is 43.9 Å². The van der Waals surface area contributed by atoms with Gasteiger partial charge in [-0.25, -0.2) is 9.07 Å². The smallest absolute Gasteiger partial charge is 0.274 e. The van der Waals surface area contributed by atoms with Crippen LogP contribution in [0.3, 0.4) is 0 Å². The lowest BCUT2D eigenvalue weighted by Crippen LogP contribution is -2.48. The van der Waals surface area contributed by atoms with Gasteiger partial charge in [0.1, 0.15) is 11.6 Å². The Hall–Kier alpha value is -2.61. The van der Waals surface area contributed by atoms with Crippen molar-refractivity contribution < 1.29 is 13.9 Å². The number of aromatic nitrogens is 2. The number of ether oxygens (including phenoxy) is 1. The Kier molecular flexibility index (Phi) is 6.98. The number of amides is 1. The molecule has 0 spiro atoms. The molecule has 0 radical (unpaired) electrons. The maximum atomic E-state index is 13.2. The van der Waals surface area contributed by atoms with Crippen molar-refractivity contribution in [1.29, 1.82) is 0 Å². The van der Waals surface area contributed by atoms with Crippen molar-refractivity contribution in [3.63, 3.8) is 0 Å². The number of carbonyl (C=O) groups is 1. The van der Waals surface area contributed by atoms with Gasteiger partial charge >= 0.3 is 0 Å². The van der Waals surface area contributed by atoms with Gasteiger partial charge in [-0.3, -0.25) is 9.69 Å². The zero-order valence-corrected chi connectivity index (χ0v) is 19.1. The van der Waals surface area contributed by atoms with E-state index in [0.717, 1.165) is 11.1 Å². The number of halogens is 3. The van der Waals surface area contributed by atoms with Crippen molar-refractivity contribution in [3.05, 3.63) is 81.3 Å². The van der Waals surface area contributed by atoms with Gasteiger partial charge in [-0.2, -0.15) is 5.10 Å². The third-order valence-electron chi connectivity index (χ3n) is 5.37. The first-order valence-corrected chi connectivity index (χ1v) is 11.0. The molecule has 9 heteroatoms. The second-order valence-electron chi connectivity index (χ2n) is 7.75. The molecule has 1 fully saturated rings. The minimum absolute atomic E-state index is 0.114. The Balaban J connectivity index is 1.30. The van der Waals surface area contributed by atoms with Crippen LogP contribution in [-0.4, -0.2) is 51.7 Å². The normalized spacial score (nSPS) is 14.6. The van der Waals surface area contributed by atoms with Gasteiger partial charge in [-0.1, -0.05) is 35.3 Å². The molecule has 3 aromatic rings. The summed E-state index contributed by atoms with van der Waals surface area (Å²) < 4.78 is 20.5. The van der Waals surface area contributed by atoms with E-state index in [1.165, 1.54) is 12.1 Å². The van der Waals surface area contributed by atoms with Gasteiger partial charge in [0.25, 0.3) is 5.91 Å². The topological polar surface area (TPSA) is 50.6 Å². The van der Waals surface area contributed by atoms with Crippen molar-refractivity contribution >= 4 is 29.1 Å². The molecule has 6 nitrogen and oxygen atoms in total. The summed E-state index contributed by atoms with van der Waals surface area (Å²) in [4.78, 5) is 16.8. The van der Waals surface area contributed by atoms with Gasteiger partial charge in [-0.15, -0.1) is 0 Å². The molecule has 2 aromatic carbocycles. The van der Waals surface area contributed by atoms with Crippen LogP contribution in [0.4, 0.5) is 4.39 Å². The molecule has 0 bridgehead atoms. The second-order valence-corrected chi connectivity index (χ2v) is 8.57. The predicted octanol–water partition coefficient (Wildman–Crippen LogP) is 4.63. The summed E-state index contributed by atoms with van der Waals surface area (Å²) in [5.41, 5.74) is 2.29. The number of rotatable bonds is 6. The minimum Gasteiger partial charge on any atom is -0.470 e. The summed E-state index contributed by atoms with van der Waals surface area (Å²) in [5, 5.41) is 5.30. The fourth-order valence-corrected chi connectivity index (χ4v) is 3.97. The summed E-state index contributed by atoms with van der Waals surface area (Å²) in [7, 11) is 0. The summed E-state index contributed by atoms with van der Waals surface area (Å²) in [6.45, 7) is 5.31. The molecule has 1 aliphatic rings. The fraction of sp³-hybridized carbons (Fsp3) is 0.304. The molecule has 1 saturated heterocycles. The first-order chi connectivity index (χ1) is 15.4. The molecule has 0 aliphatic carbocycles. The van der Waals surface area contributed by atoms with E-state index in [1.807, 2.05) is 19.1 Å². The number of aryl methyl sites for hydroxylation is 1. The van der Waals surface area contributed by atoms with Gasteiger partial charge < -0.3 is 9.64 Å². The van der Waals surface area contributed by atoms with E-state index < -0.39 is 0 Å². The molecule has 4 rings (SSSR count). The Bertz CT molecular complexity index is 1110. The van der Waals surface area contributed by atoms with E-state index >= 15 is 0 Å². The molecule has 32 heavy (non-hydrogen) atoms. The van der Waals surface area contributed by atoms with Crippen molar-refractivity contribution in [2.45, 2.75) is 20.2 Å². The molecule has 0 saturated carbocycles. The van der Waals surface area contributed by atoms with Crippen LogP contribution in [0.5, 0.6) is 5.75 Å². The Morgan fingerprint density at radius 1 is 1.06 bits per heavy atom. The molecule has 168 valence electrons. The quantitative estimate of drug-likeness (QED) is 0.520. The molecule has 0 N–H and O–H groups in total. The first kappa shape index (κ1) is 22.6. The maximum absolute atomic E-state index is 13.2. The SMILES string of the molecule is Cc1ccc(Cl)c(OCn2ccc(C(=O)N3CCN(Cc4ccc(F)cc4Cl)CC3)n2)c1. The van der Waals surface area contributed by atoms with Crippen LogP contribution < -0.4 is 4.74 Å². The summed E-state index contributed by atoms with van der Waals surface area (Å²) >= 11 is 12.3. The highest BCUT2D eigenvalue weighted by molar-refractivity contribution is 6.32. The molecule has 0 atom stereocenters. The maximum Gasteiger partial charge on any atom is 0.274 e. The fourth-order valence-electron chi connectivity index (χ4n) is 3.57. The van der Waals surface area contributed by atoms with Crippen molar-refractivity contribution in [3.8, 4) is 5.75 Å². The zero-order valence-electron chi connectivity index (χ0n) is 17.6. The van der Waals surface area contributed by atoms with E-state index in [2.05, 4.69) is 10.00 Å². The number of hydrogen-bond acceptors (Lipinski definition) is 4. The lowest BCUT2D eigenvalue weighted by molar-refractivity contribution is 0.0621. The highest BCUT2D eigenvalue weighted by atomic mass is 35.5. The van der Waals surface area contributed by atoms with E-state index in [4.69, 9.17) is 27.9 Å². The number of hydrogen-bond donors (Lipinski definition) is 0. The van der Waals surface area contributed by atoms with E-state index in [-0.39, 0.29) is 18.5 Å². The van der Waals surface area contributed by atoms with Crippen molar-refractivity contribution in [2.75, 3.05) is 26.2 Å². The summed E-state index contributed by atoms with van der Waals surface area (Å²) in [5.74, 6) is 0.116. The average Bonchev–Trinajstić information content (AvgIpc) is 3.25. The van der Waals surface area contributed by atoms with Crippen LogP contribution in [0.2, 0.25) is 10.0 Å². The highest BCUT2D eigenvalue weighted by Gasteiger charge is 2.24. The Morgan fingerprint density at radius 3 is 2.59 bits per heavy atom. The molecule has 1 aromatic heterocycles. The molecular formula is C23H23Cl2FN4O2. The van der Waals surface area contributed by atoms with Crippen molar-refractivity contribution in [1.82, 2.24) is 19.6 Å². The third kappa shape index (κ3) is 5.41. The van der Waals surface area contributed by atoms with Crippen LogP contribution in [0.15, 0.2) is 48.7 Å².